The van der Waals surface area contributed by atoms with Crippen LogP contribution >= 0.6 is 0 Å². The van der Waals surface area contributed by atoms with Crippen molar-refractivity contribution in [1.82, 2.24) is 10.2 Å². The predicted octanol–water partition coefficient (Wildman–Crippen LogP) is 3.08. The minimum absolute atomic E-state index is 0.357. The minimum atomic E-state index is 0.357. The zero-order valence-corrected chi connectivity index (χ0v) is 12.9. The Kier molecular flexibility index (Phi) is 6.89. The summed E-state index contributed by atoms with van der Waals surface area (Å²) in [5.74, 6) is 0.912. The molecule has 3 heteroatoms. The van der Waals surface area contributed by atoms with Crippen molar-refractivity contribution in [2.24, 2.45) is 0 Å². The van der Waals surface area contributed by atoms with Crippen molar-refractivity contribution in [3.63, 3.8) is 0 Å². The molecule has 1 aromatic rings. The van der Waals surface area contributed by atoms with Crippen molar-refractivity contribution in [1.29, 1.82) is 0 Å². The van der Waals surface area contributed by atoms with Gasteiger partial charge in [-0.2, -0.15) is 0 Å². The smallest absolute Gasteiger partial charge is 0.118 e. The van der Waals surface area contributed by atoms with E-state index in [0.29, 0.717) is 12.1 Å². The Morgan fingerprint density at radius 1 is 1.21 bits per heavy atom. The van der Waals surface area contributed by atoms with Gasteiger partial charge in [-0.3, -0.25) is 0 Å². The molecule has 0 fully saturated rings. The average Bonchev–Trinajstić information content (AvgIpc) is 2.47. The van der Waals surface area contributed by atoms with Crippen LogP contribution in [0.4, 0.5) is 0 Å². The van der Waals surface area contributed by atoms with E-state index in [-0.39, 0.29) is 0 Å². The predicted molar refractivity (Wildman–Crippen MR) is 81.8 cm³/mol. The number of hydrogen-bond acceptors (Lipinski definition) is 3. The second-order valence-corrected chi connectivity index (χ2v) is 5.02. The van der Waals surface area contributed by atoms with Gasteiger partial charge in [-0.15, -0.1) is 0 Å². The van der Waals surface area contributed by atoms with Gasteiger partial charge in [0.25, 0.3) is 0 Å². The molecule has 0 amide bonds. The van der Waals surface area contributed by atoms with Crippen LogP contribution in [0.25, 0.3) is 0 Å². The molecule has 3 nitrogen and oxygen atoms in total. The van der Waals surface area contributed by atoms with Crippen molar-refractivity contribution in [2.45, 2.75) is 39.3 Å². The Morgan fingerprint density at radius 2 is 1.84 bits per heavy atom. The summed E-state index contributed by atoms with van der Waals surface area (Å²) in [5.41, 5.74) is 1.32. The lowest BCUT2D eigenvalue weighted by Gasteiger charge is -2.32. The van der Waals surface area contributed by atoms with Crippen LogP contribution in [0, 0.1) is 0 Å². The van der Waals surface area contributed by atoms with E-state index >= 15 is 0 Å². The minimum Gasteiger partial charge on any atom is -0.497 e. The highest BCUT2D eigenvalue weighted by Crippen LogP contribution is 2.22. The van der Waals surface area contributed by atoms with Gasteiger partial charge in [0.05, 0.1) is 7.11 Å². The number of nitrogens with one attached hydrogen (secondary N) is 1. The number of methoxy groups -OCH3 is 1. The monoisotopic (exact) mass is 264 g/mol. The summed E-state index contributed by atoms with van der Waals surface area (Å²) in [6, 6.07) is 9.21. The molecule has 108 valence electrons. The van der Waals surface area contributed by atoms with Crippen molar-refractivity contribution in [3.05, 3.63) is 29.8 Å². The summed E-state index contributed by atoms with van der Waals surface area (Å²) in [5, 5.41) is 3.66. The van der Waals surface area contributed by atoms with Crippen molar-refractivity contribution < 1.29 is 4.74 Å². The summed E-state index contributed by atoms with van der Waals surface area (Å²) in [4.78, 5) is 2.37. The molecule has 0 aliphatic rings. The second-order valence-electron chi connectivity index (χ2n) is 5.02. The normalized spacial score (nSPS) is 14.4. The fraction of sp³-hybridized carbons (Fsp3) is 0.625. The van der Waals surface area contributed by atoms with E-state index < -0.39 is 0 Å². The number of rotatable bonds is 8. The molecule has 0 spiro atoms. The van der Waals surface area contributed by atoms with Gasteiger partial charge < -0.3 is 15.0 Å². The molecular weight excluding hydrogens is 236 g/mol. The highest BCUT2D eigenvalue weighted by molar-refractivity contribution is 5.29. The van der Waals surface area contributed by atoms with Gasteiger partial charge in [0.2, 0.25) is 0 Å². The summed E-state index contributed by atoms with van der Waals surface area (Å²) in [6.07, 6.45) is 1.15. The average molecular weight is 264 g/mol. The molecule has 0 saturated heterocycles. The Morgan fingerprint density at radius 3 is 2.32 bits per heavy atom. The maximum Gasteiger partial charge on any atom is 0.118 e. The van der Waals surface area contributed by atoms with E-state index in [1.165, 1.54) is 5.56 Å². The third kappa shape index (κ3) is 4.51. The topological polar surface area (TPSA) is 24.5 Å². The zero-order valence-electron chi connectivity index (χ0n) is 12.9. The van der Waals surface area contributed by atoms with E-state index in [1.54, 1.807) is 7.11 Å². The van der Waals surface area contributed by atoms with Gasteiger partial charge in [-0.05, 0) is 51.2 Å². The van der Waals surface area contributed by atoms with Crippen LogP contribution in [-0.2, 0) is 0 Å². The first-order valence-corrected chi connectivity index (χ1v) is 7.21. The fourth-order valence-corrected chi connectivity index (χ4v) is 2.22. The molecule has 0 heterocycles. The van der Waals surface area contributed by atoms with Crippen LogP contribution in [-0.4, -0.2) is 38.2 Å². The van der Waals surface area contributed by atoms with Gasteiger partial charge in [0.1, 0.15) is 5.75 Å². The summed E-state index contributed by atoms with van der Waals surface area (Å²) in [6.45, 7) is 8.77. The van der Waals surface area contributed by atoms with E-state index in [0.717, 1.165) is 25.3 Å². The first kappa shape index (κ1) is 16.0. The maximum atomic E-state index is 5.23. The van der Waals surface area contributed by atoms with Crippen molar-refractivity contribution >= 4 is 0 Å². The summed E-state index contributed by atoms with van der Waals surface area (Å²) >= 11 is 0. The van der Waals surface area contributed by atoms with Gasteiger partial charge in [0.15, 0.2) is 0 Å². The molecule has 1 aromatic carbocycles. The van der Waals surface area contributed by atoms with E-state index in [4.69, 9.17) is 4.74 Å². The van der Waals surface area contributed by atoms with E-state index in [2.05, 4.69) is 50.2 Å². The molecule has 0 aliphatic carbocycles. The van der Waals surface area contributed by atoms with Gasteiger partial charge in [0, 0.05) is 12.1 Å². The van der Waals surface area contributed by atoms with Crippen molar-refractivity contribution in [2.75, 3.05) is 27.2 Å². The fourth-order valence-electron chi connectivity index (χ4n) is 2.22. The molecule has 1 rings (SSSR count). The number of hydrogen-bond donors (Lipinski definition) is 1. The van der Waals surface area contributed by atoms with Gasteiger partial charge >= 0.3 is 0 Å². The number of likely N-dealkylation sites (N-methyl/N-ethyl adjacent to an activating group) is 1. The number of nitrogens with zero attached hydrogens (tertiary/aromatic N) is 1. The molecule has 0 aliphatic heterocycles. The van der Waals surface area contributed by atoms with Crippen LogP contribution in [0.5, 0.6) is 5.75 Å². The summed E-state index contributed by atoms with van der Waals surface area (Å²) < 4.78 is 5.23. The first-order valence-electron chi connectivity index (χ1n) is 7.21. The third-order valence-corrected chi connectivity index (χ3v) is 3.77. The lowest BCUT2D eigenvalue weighted by atomic mass is 9.99. The maximum absolute atomic E-state index is 5.23. The molecule has 2 unspecified atom stereocenters. The third-order valence-electron chi connectivity index (χ3n) is 3.77. The Bertz CT molecular complexity index is 350. The zero-order chi connectivity index (χ0) is 14.3. The van der Waals surface area contributed by atoms with E-state index in [9.17, 15) is 0 Å². The van der Waals surface area contributed by atoms with Crippen LogP contribution in [0.2, 0.25) is 0 Å². The first-order chi connectivity index (χ1) is 9.13. The standard InChI is InChI=1S/C16H28N2O/c1-6-12-17-16(13(3)18(4)7-2)14-8-10-15(19-5)11-9-14/h8-11,13,16-17H,6-7,12H2,1-5H3. The molecule has 0 radical (unpaired) electrons. The molecule has 0 saturated carbocycles. The van der Waals surface area contributed by atoms with Crippen LogP contribution in [0.1, 0.15) is 38.8 Å². The summed E-state index contributed by atoms with van der Waals surface area (Å²) in [7, 11) is 3.88. The quantitative estimate of drug-likeness (QED) is 0.781. The Balaban J connectivity index is 2.87. The van der Waals surface area contributed by atoms with Crippen molar-refractivity contribution in [3.8, 4) is 5.75 Å². The lowest BCUT2D eigenvalue weighted by Crippen LogP contribution is -2.41. The van der Waals surface area contributed by atoms with Gasteiger partial charge in [-0.25, -0.2) is 0 Å². The molecule has 0 bridgehead atoms. The molecule has 2 atom stereocenters. The highest BCUT2D eigenvalue weighted by atomic mass is 16.5. The second kappa shape index (κ2) is 8.18. The lowest BCUT2D eigenvalue weighted by molar-refractivity contribution is 0.216. The molecule has 0 aromatic heterocycles. The van der Waals surface area contributed by atoms with Gasteiger partial charge in [-0.1, -0.05) is 26.0 Å². The van der Waals surface area contributed by atoms with Crippen LogP contribution in [0.3, 0.4) is 0 Å². The van der Waals surface area contributed by atoms with Crippen LogP contribution in [0.15, 0.2) is 24.3 Å². The SMILES string of the molecule is CCCNC(c1ccc(OC)cc1)C(C)N(C)CC. The number of benzene rings is 1. The highest BCUT2D eigenvalue weighted by Gasteiger charge is 2.21. The molecular formula is C16H28N2O. The Hall–Kier alpha value is -1.06. The molecule has 19 heavy (non-hydrogen) atoms. The van der Waals surface area contributed by atoms with Crippen LogP contribution < -0.4 is 10.1 Å². The molecule has 1 N–H and O–H groups in total. The largest absolute Gasteiger partial charge is 0.497 e. The van der Waals surface area contributed by atoms with E-state index in [1.807, 2.05) is 12.1 Å². The Labute approximate surface area is 118 Å². The number of ether oxygens (including phenoxy) is 1.